The highest BCUT2D eigenvalue weighted by Gasteiger charge is 2.19. The van der Waals surface area contributed by atoms with Crippen LogP contribution in [-0.2, 0) is 0 Å². The fraction of sp³-hybridized carbons (Fsp3) is 0.200. The standard InChI is InChI=1S/C15H12Br2ClF/c1-8-6-11(13(18)7-9(8)2)14(17)10-4-3-5-12(16)15(10)19/h3-7,14H,1-2H3. The molecule has 0 saturated heterocycles. The lowest BCUT2D eigenvalue weighted by atomic mass is 10.00. The van der Waals surface area contributed by atoms with E-state index in [1.54, 1.807) is 12.1 Å². The van der Waals surface area contributed by atoms with E-state index in [-0.39, 0.29) is 10.6 Å². The Kier molecular flexibility index (Phi) is 4.70. The Labute approximate surface area is 134 Å². The molecule has 0 amide bonds. The summed E-state index contributed by atoms with van der Waals surface area (Å²) in [6, 6.07) is 9.16. The summed E-state index contributed by atoms with van der Waals surface area (Å²) in [7, 11) is 0. The zero-order chi connectivity index (χ0) is 14.2. The van der Waals surface area contributed by atoms with E-state index in [1.165, 1.54) is 0 Å². The van der Waals surface area contributed by atoms with E-state index >= 15 is 0 Å². The van der Waals surface area contributed by atoms with Gasteiger partial charge in [0.2, 0.25) is 0 Å². The van der Waals surface area contributed by atoms with Crippen molar-refractivity contribution >= 4 is 43.5 Å². The van der Waals surface area contributed by atoms with Gasteiger partial charge in [0, 0.05) is 10.6 Å². The van der Waals surface area contributed by atoms with Crippen molar-refractivity contribution in [3.8, 4) is 0 Å². The number of aryl methyl sites for hydroxylation is 2. The van der Waals surface area contributed by atoms with Crippen molar-refractivity contribution in [3.05, 3.63) is 67.9 Å². The predicted molar refractivity (Wildman–Crippen MR) is 85.8 cm³/mol. The maximum absolute atomic E-state index is 14.1. The second-order valence-corrected chi connectivity index (χ2v) is 6.64. The van der Waals surface area contributed by atoms with E-state index in [0.29, 0.717) is 15.1 Å². The molecule has 0 N–H and O–H groups in total. The molecule has 2 rings (SSSR count). The lowest BCUT2D eigenvalue weighted by Crippen LogP contribution is -1.99. The molecule has 0 heterocycles. The normalized spacial score (nSPS) is 12.5. The molecule has 2 aromatic carbocycles. The summed E-state index contributed by atoms with van der Waals surface area (Å²) in [4.78, 5) is -0.267. The Morgan fingerprint density at radius 1 is 1.11 bits per heavy atom. The van der Waals surface area contributed by atoms with Crippen molar-refractivity contribution in [1.82, 2.24) is 0 Å². The van der Waals surface area contributed by atoms with Gasteiger partial charge < -0.3 is 0 Å². The zero-order valence-electron chi connectivity index (χ0n) is 10.5. The molecular formula is C15H12Br2ClF. The summed E-state index contributed by atoms with van der Waals surface area (Å²) >= 11 is 13.0. The monoisotopic (exact) mass is 404 g/mol. The SMILES string of the molecule is Cc1cc(Cl)c(C(Br)c2cccc(Br)c2F)cc1C. The third kappa shape index (κ3) is 3.04. The lowest BCUT2D eigenvalue weighted by molar-refractivity contribution is 0.607. The third-order valence-corrected chi connectivity index (χ3v) is 5.07. The number of alkyl halides is 1. The van der Waals surface area contributed by atoms with Crippen LogP contribution in [0.25, 0.3) is 0 Å². The summed E-state index contributed by atoms with van der Waals surface area (Å²) in [5.41, 5.74) is 3.71. The summed E-state index contributed by atoms with van der Waals surface area (Å²) in [5.74, 6) is -0.265. The molecule has 2 aromatic rings. The Morgan fingerprint density at radius 3 is 2.42 bits per heavy atom. The van der Waals surface area contributed by atoms with Gasteiger partial charge in [0.25, 0.3) is 0 Å². The first kappa shape index (κ1) is 15.0. The first-order valence-electron chi connectivity index (χ1n) is 5.76. The Hall–Kier alpha value is -0.380. The van der Waals surface area contributed by atoms with Crippen molar-refractivity contribution in [2.24, 2.45) is 0 Å². The van der Waals surface area contributed by atoms with E-state index in [0.717, 1.165) is 16.7 Å². The van der Waals surface area contributed by atoms with Crippen molar-refractivity contribution in [3.63, 3.8) is 0 Å². The average molecular weight is 407 g/mol. The molecule has 1 atom stereocenters. The number of hydrogen-bond donors (Lipinski definition) is 0. The molecule has 0 fully saturated rings. The molecule has 0 spiro atoms. The van der Waals surface area contributed by atoms with E-state index in [2.05, 4.69) is 31.9 Å². The van der Waals surface area contributed by atoms with Gasteiger partial charge in [0.05, 0.1) is 9.30 Å². The van der Waals surface area contributed by atoms with Gasteiger partial charge in [-0.2, -0.15) is 0 Å². The quantitative estimate of drug-likeness (QED) is 0.510. The largest absolute Gasteiger partial charge is 0.205 e. The first-order valence-corrected chi connectivity index (χ1v) is 7.85. The number of rotatable bonds is 2. The second-order valence-electron chi connectivity index (χ2n) is 4.46. The summed E-state index contributed by atoms with van der Waals surface area (Å²) in [6.45, 7) is 4.03. The van der Waals surface area contributed by atoms with E-state index in [9.17, 15) is 4.39 Å². The van der Waals surface area contributed by atoms with Crippen LogP contribution >= 0.6 is 43.5 Å². The van der Waals surface area contributed by atoms with Gasteiger partial charge in [-0.25, -0.2) is 4.39 Å². The van der Waals surface area contributed by atoms with Crippen LogP contribution in [0.4, 0.5) is 4.39 Å². The lowest BCUT2D eigenvalue weighted by Gasteiger charge is -2.16. The second kappa shape index (κ2) is 5.94. The highest BCUT2D eigenvalue weighted by atomic mass is 79.9. The molecule has 0 radical (unpaired) electrons. The Morgan fingerprint density at radius 2 is 1.74 bits per heavy atom. The van der Waals surface area contributed by atoms with Crippen molar-refractivity contribution in [2.45, 2.75) is 18.7 Å². The highest BCUT2D eigenvalue weighted by Crippen LogP contribution is 2.38. The summed E-state index contributed by atoms with van der Waals surface area (Å²) in [6.07, 6.45) is 0. The van der Waals surface area contributed by atoms with Gasteiger partial charge >= 0.3 is 0 Å². The molecule has 0 nitrogen and oxygen atoms in total. The van der Waals surface area contributed by atoms with Crippen LogP contribution in [0.2, 0.25) is 5.02 Å². The molecule has 0 aliphatic heterocycles. The molecule has 1 unspecified atom stereocenters. The topological polar surface area (TPSA) is 0 Å². The van der Waals surface area contributed by atoms with Crippen LogP contribution in [0.1, 0.15) is 27.1 Å². The van der Waals surface area contributed by atoms with Crippen LogP contribution in [0.5, 0.6) is 0 Å². The predicted octanol–water partition coefficient (Wildman–Crippen LogP) is 6.34. The van der Waals surface area contributed by atoms with Crippen LogP contribution in [0, 0.1) is 19.7 Å². The molecule has 19 heavy (non-hydrogen) atoms. The summed E-state index contributed by atoms with van der Waals surface area (Å²) < 4.78 is 14.6. The maximum Gasteiger partial charge on any atom is 0.142 e. The zero-order valence-corrected chi connectivity index (χ0v) is 14.4. The van der Waals surface area contributed by atoms with Gasteiger partial charge in [-0.15, -0.1) is 0 Å². The van der Waals surface area contributed by atoms with Crippen molar-refractivity contribution in [1.29, 1.82) is 0 Å². The molecule has 0 aromatic heterocycles. The molecular weight excluding hydrogens is 394 g/mol. The van der Waals surface area contributed by atoms with Crippen LogP contribution in [0.3, 0.4) is 0 Å². The van der Waals surface area contributed by atoms with Gasteiger partial charge in [-0.1, -0.05) is 45.7 Å². The van der Waals surface area contributed by atoms with Crippen molar-refractivity contribution in [2.75, 3.05) is 0 Å². The highest BCUT2D eigenvalue weighted by molar-refractivity contribution is 9.10. The average Bonchev–Trinajstić information content (AvgIpc) is 2.36. The summed E-state index contributed by atoms with van der Waals surface area (Å²) in [5, 5.41) is 0.643. The molecule has 4 heteroatoms. The Balaban J connectivity index is 2.53. The molecule has 100 valence electrons. The van der Waals surface area contributed by atoms with Gasteiger partial charge in [-0.05, 0) is 58.6 Å². The molecule has 0 aliphatic rings. The fourth-order valence-electron chi connectivity index (χ4n) is 1.88. The van der Waals surface area contributed by atoms with Gasteiger partial charge in [0.1, 0.15) is 5.82 Å². The van der Waals surface area contributed by atoms with Gasteiger partial charge in [-0.3, -0.25) is 0 Å². The minimum absolute atomic E-state index is 0.265. The minimum Gasteiger partial charge on any atom is -0.205 e. The van der Waals surface area contributed by atoms with Crippen LogP contribution in [0.15, 0.2) is 34.8 Å². The Bertz CT molecular complexity index is 626. The van der Waals surface area contributed by atoms with E-state index in [1.807, 2.05) is 32.0 Å². The molecule has 0 bridgehead atoms. The minimum atomic E-state index is -0.267. The van der Waals surface area contributed by atoms with E-state index in [4.69, 9.17) is 11.6 Å². The smallest absolute Gasteiger partial charge is 0.142 e. The third-order valence-electron chi connectivity index (χ3n) is 3.14. The van der Waals surface area contributed by atoms with Crippen LogP contribution < -0.4 is 0 Å². The van der Waals surface area contributed by atoms with Crippen molar-refractivity contribution < 1.29 is 4.39 Å². The number of halogens is 4. The molecule has 0 saturated carbocycles. The number of hydrogen-bond acceptors (Lipinski definition) is 0. The van der Waals surface area contributed by atoms with Gasteiger partial charge in [0.15, 0.2) is 0 Å². The van der Waals surface area contributed by atoms with Crippen LogP contribution in [-0.4, -0.2) is 0 Å². The first-order chi connectivity index (χ1) is 8.91. The van der Waals surface area contributed by atoms with E-state index < -0.39 is 0 Å². The fourth-order valence-corrected chi connectivity index (χ4v) is 3.45. The number of benzene rings is 2. The molecule has 0 aliphatic carbocycles. The maximum atomic E-state index is 14.1.